The van der Waals surface area contributed by atoms with Gasteiger partial charge >= 0.3 is 0 Å². The summed E-state index contributed by atoms with van der Waals surface area (Å²) in [6.45, 7) is 0. The fourth-order valence-corrected chi connectivity index (χ4v) is 3.38. The quantitative estimate of drug-likeness (QED) is 0.862. The van der Waals surface area contributed by atoms with Crippen LogP contribution in [0.5, 0.6) is 5.75 Å². The van der Waals surface area contributed by atoms with Crippen molar-refractivity contribution in [2.75, 3.05) is 19.1 Å². The Morgan fingerprint density at radius 2 is 2.08 bits per heavy atom. The molecule has 1 fully saturated rings. The minimum atomic E-state index is -0.417. The van der Waals surface area contributed by atoms with Crippen molar-refractivity contribution in [3.05, 3.63) is 30.2 Å². The topological polar surface area (TPSA) is 77.2 Å². The Bertz CT molecular complexity index is 691. The highest BCUT2D eigenvalue weighted by atomic mass is 16.5. The SMILES string of the molecule is COc1ccc(N=C2C=C(N)OC23CCCCC3)c(N(C)C=O)c1. The lowest BCUT2D eigenvalue weighted by molar-refractivity contribution is -0.107. The van der Waals surface area contributed by atoms with E-state index in [0.29, 0.717) is 23.0 Å². The molecule has 1 heterocycles. The van der Waals surface area contributed by atoms with E-state index in [4.69, 9.17) is 20.2 Å². The molecule has 0 radical (unpaired) electrons. The first kappa shape index (κ1) is 16.4. The summed E-state index contributed by atoms with van der Waals surface area (Å²) < 4.78 is 11.2. The Balaban J connectivity index is 2.04. The Labute approximate surface area is 141 Å². The van der Waals surface area contributed by atoms with Crippen molar-refractivity contribution >= 4 is 23.5 Å². The first-order chi connectivity index (χ1) is 11.6. The van der Waals surface area contributed by atoms with Gasteiger partial charge in [0, 0.05) is 19.2 Å². The molecule has 1 aliphatic carbocycles. The lowest BCUT2D eigenvalue weighted by Gasteiger charge is -2.33. The summed E-state index contributed by atoms with van der Waals surface area (Å²) in [4.78, 5) is 17.5. The van der Waals surface area contributed by atoms with E-state index in [0.717, 1.165) is 37.8 Å². The largest absolute Gasteiger partial charge is 0.497 e. The fourth-order valence-electron chi connectivity index (χ4n) is 3.38. The molecule has 0 atom stereocenters. The van der Waals surface area contributed by atoms with Crippen LogP contribution in [0, 0.1) is 0 Å². The first-order valence-corrected chi connectivity index (χ1v) is 8.19. The fraction of sp³-hybridized carbons (Fsp3) is 0.444. The van der Waals surface area contributed by atoms with E-state index in [1.165, 1.54) is 11.3 Å². The molecule has 1 saturated carbocycles. The monoisotopic (exact) mass is 329 g/mol. The van der Waals surface area contributed by atoms with Crippen molar-refractivity contribution in [3.63, 3.8) is 0 Å². The molecule has 1 aromatic carbocycles. The van der Waals surface area contributed by atoms with Gasteiger partial charge in [0.25, 0.3) is 0 Å². The van der Waals surface area contributed by atoms with Crippen molar-refractivity contribution in [2.24, 2.45) is 10.7 Å². The number of ether oxygens (including phenoxy) is 2. The average Bonchev–Trinajstić information content (AvgIpc) is 2.89. The van der Waals surface area contributed by atoms with Crippen LogP contribution in [-0.4, -0.2) is 31.9 Å². The third-order valence-electron chi connectivity index (χ3n) is 4.68. The number of methoxy groups -OCH3 is 1. The smallest absolute Gasteiger partial charge is 0.213 e. The van der Waals surface area contributed by atoms with Gasteiger partial charge in [-0.15, -0.1) is 0 Å². The molecule has 6 nitrogen and oxygen atoms in total. The highest BCUT2D eigenvalue weighted by Crippen LogP contribution is 2.40. The normalized spacial score (nSPS) is 20.6. The number of hydrogen-bond acceptors (Lipinski definition) is 5. The molecular weight excluding hydrogens is 306 g/mol. The number of anilines is 1. The van der Waals surface area contributed by atoms with E-state index in [9.17, 15) is 4.79 Å². The van der Waals surface area contributed by atoms with Crippen LogP contribution in [0.3, 0.4) is 0 Å². The Kier molecular flexibility index (Phi) is 4.46. The maximum Gasteiger partial charge on any atom is 0.213 e. The maximum absolute atomic E-state index is 11.2. The number of amides is 1. The van der Waals surface area contributed by atoms with Crippen LogP contribution in [0.1, 0.15) is 32.1 Å². The van der Waals surface area contributed by atoms with E-state index in [1.54, 1.807) is 26.3 Å². The van der Waals surface area contributed by atoms with Crippen LogP contribution < -0.4 is 15.4 Å². The summed E-state index contributed by atoms with van der Waals surface area (Å²) >= 11 is 0. The van der Waals surface area contributed by atoms with Crippen molar-refractivity contribution < 1.29 is 14.3 Å². The van der Waals surface area contributed by atoms with Crippen LogP contribution >= 0.6 is 0 Å². The van der Waals surface area contributed by atoms with Gasteiger partial charge in [0.15, 0.2) is 11.5 Å². The highest BCUT2D eigenvalue weighted by molar-refractivity contribution is 6.06. The summed E-state index contributed by atoms with van der Waals surface area (Å²) in [5.41, 5.74) is 7.72. The lowest BCUT2D eigenvalue weighted by Crippen LogP contribution is -2.39. The summed E-state index contributed by atoms with van der Waals surface area (Å²) in [6, 6.07) is 5.47. The van der Waals surface area contributed by atoms with Crippen LogP contribution in [0.2, 0.25) is 0 Å². The second-order valence-electron chi connectivity index (χ2n) is 6.27. The Morgan fingerprint density at radius 3 is 2.75 bits per heavy atom. The molecule has 1 aliphatic heterocycles. The third-order valence-corrected chi connectivity index (χ3v) is 4.68. The van der Waals surface area contributed by atoms with Crippen LogP contribution in [-0.2, 0) is 9.53 Å². The zero-order valence-corrected chi connectivity index (χ0v) is 14.1. The van der Waals surface area contributed by atoms with Gasteiger partial charge in [0.05, 0.1) is 24.2 Å². The van der Waals surface area contributed by atoms with Gasteiger partial charge in [0.1, 0.15) is 5.75 Å². The molecule has 6 heteroatoms. The number of nitrogens with two attached hydrogens (primary N) is 1. The van der Waals surface area contributed by atoms with E-state index in [1.807, 2.05) is 12.1 Å². The van der Waals surface area contributed by atoms with Gasteiger partial charge in [0.2, 0.25) is 6.41 Å². The minimum Gasteiger partial charge on any atom is -0.497 e. The second-order valence-corrected chi connectivity index (χ2v) is 6.27. The first-order valence-electron chi connectivity index (χ1n) is 8.19. The number of benzene rings is 1. The predicted octanol–water partition coefficient (Wildman–Crippen LogP) is 2.89. The van der Waals surface area contributed by atoms with E-state index in [2.05, 4.69) is 0 Å². The molecule has 0 unspecified atom stereocenters. The number of aliphatic imine (C=N–C) groups is 1. The summed E-state index contributed by atoms with van der Waals surface area (Å²) in [7, 11) is 3.29. The molecule has 1 amide bonds. The van der Waals surface area contributed by atoms with Crippen molar-refractivity contribution in [1.82, 2.24) is 0 Å². The molecule has 0 aromatic heterocycles. The molecule has 24 heavy (non-hydrogen) atoms. The predicted molar refractivity (Wildman–Crippen MR) is 93.7 cm³/mol. The van der Waals surface area contributed by atoms with Gasteiger partial charge in [-0.2, -0.15) is 0 Å². The van der Waals surface area contributed by atoms with Gasteiger partial charge in [-0.1, -0.05) is 6.42 Å². The average molecular weight is 329 g/mol. The van der Waals surface area contributed by atoms with E-state index in [-0.39, 0.29) is 0 Å². The maximum atomic E-state index is 11.2. The number of hydrogen-bond donors (Lipinski definition) is 1. The van der Waals surface area contributed by atoms with Crippen LogP contribution in [0.25, 0.3) is 0 Å². The lowest BCUT2D eigenvalue weighted by atomic mass is 9.82. The molecule has 2 N–H and O–H groups in total. The van der Waals surface area contributed by atoms with E-state index < -0.39 is 5.60 Å². The number of carbonyl (C=O) groups is 1. The third kappa shape index (κ3) is 2.96. The highest BCUT2D eigenvalue weighted by Gasteiger charge is 2.43. The van der Waals surface area contributed by atoms with Crippen molar-refractivity contribution in [1.29, 1.82) is 0 Å². The summed E-state index contributed by atoms with van der Waals surface area (Å²) in [6.07, 6.45) is 7.80. The molecule has 2 aliphatic rings. The standard InChI is InChI=1S/C18H23N3O3/c1-21(12-22)15-10-13(23-2)6-7-14(15)20-16-11-17(19)24-18(16)8-4-3-5-9-18/h6-7,10-12H,3-5,8-9,19H2,1-2H3. The molecule has 128 valence electrons. The number of nitrogens with zero attached hydrogens (tertiary/aromatic N) is 2. The van der Waals surface area contributed by atoms with Gasteiger partial charge in [-0.05, 0) is 37.8 Å². The molecular formula is C18H23N3O3. The van der Waals surface area contributed by atoms with Gasteiger partial charge in [-0.3, -0.25) is 4.79 Å². The molecule has 0 saturated heterocycles. The van der Waals surface area contributed by atoms with E-state index >= 15 is 0 Å². The zero-order chi connectivity index (χ0) is 17.2. The van der Waals surface area contributed by atoms with Gasteiger partial charge < -0.3 is 20.1 Å². The Morgan fingerprint density at radius 1 is 1.33 bits per heavy atom. The van der Waals surface area contributed by atoms with Crippen LogP contribution in [0.15, 0.2) is 35.2 Å². The van der Waals surface area contributed by atoms with Crippen molar-refractivity contribution in [3.8, 4) is 5.75 Å². The number of carbonyl (C=O) groups excluding carboxylic acids is 1. The van der Waals surface area contributed by atoms with Gasteiger partial charge in [-0.25, -0.2) is 4.99 Å². The molecule has 3 rings (SSSR count). The zero-order valence-electron chi connectivity index (χ0n) is 14.1. The minimum absolute atomic E-state index is 0.412. The summed E-state index contributed by atoms with van der Waals surface area (Å²) in [5, 5.41) is 0. The van der Waals surface area contributed by atoms with Crippen LogP contribution in [0.4, 0.5) is 11.4 Å². The number of rotatable bonds is 4. The summed E-state index contributed by atoms with van der Waals surface area (Å²) in [5.74, 6) is 1.09. The molecule has 1 aromatic rings. The van der Waals surface area contributed by atoms with Crippen molar-refractivity contribution in [2.45, 2.75) is 37.7 Å². The Hall–Kier alpha value is -2.50. The molecule has 0 bridgehead atoms. The second kappa shape index (κ2) is 6.55. The molecule has 1 spiro atoms.